The third kappa shape index (κ3) is 1.48. The highest BCUT2D eigenvalue weighted by atomic mass is 32.1. The number of nitrogens with zero attached hydrogens (tertiary/aromatic N) is 1. The molecular formula is C9H8N2OS. The van der Waals surface area contributed by atoms with Crippen LogP contribution in [0.5, 0.6) is 5.75 Å². The molecule has 0 atom stereocenters. The van der Waals surface area contributed by atoms with Gasteiger partial charge in [0.15, 0.2) is 0 Å². The number of phenols is 1. The first-order chi connectivity index (χ1) is 6.27. The lowest BCUT2D eigenvalue weighted by atomic mass is 10.1. The minimum atomic E-state index is 0.227. The number of hydrogen-bond acceptors (Lipinski definition) is 4. The van der Waals surface area contributed by atoms with E-state index in [9.17, 15) is 5.11 Å². The second-order valence-electron chi connectivity index (χ2n) is 2.62. The third-order valence-corrected chi connectivity index (χ3v) is 2.37. The molecule has 66 valence electrons. The number of phenolic OH excluding ortho intramolecular Hbond substituents is 1. The van der Waals surface area contributed by atoms with Crippen molar-refractivity contribution in [3.63, 3.8) is 0 Å². The van der Waals surface area contributed by atoms with E-state index in [0.717, 1.165) is 11.3 Å². The number of aromatic hydroxyl groups is 1. The molecule has 1 aromatic heterocycles. The fourth-order valence-corrected chi connectivity index (χ4v) is 1.68. The first-order valence-electron chi connectivity index (χ1n) is 3.76. The van der Waals surface area contributed by atoms with Crippen LogP contribution < -0.4 is 5.73 Å². The van der Waals surface area contributed by atoms with Crippen molar-refractivity contribution in [2.24, 2.45) is 0 Å². The van der Waals surface area contributed by atoms with Gasteiger partial charge in [-0.15, -0.1) is 11.3 Å². The standard InChI is InChI=1S/C9H8N2OS/c10-9-8(11-5-13-9)6-2-1-3-7(12)4-6/h1-5,12H,10H2. The molecule has 1 aromatic carbocycles. The van der Waals surface area contributed by atoms with Crippen molar-refractivity contribution in [1.29, 1.82) is 0 Å². The van der Waals surface area contributed by atoms with E-state index < -0.39 is 0 Å². The van der Waals surface area contributed by atoms with Crippen LogP contribution in [0.15, 0.2) is 29.8 Å². The van der Waals surface area contributed by atoms with Crippen LogP contribution in [-0.4, -0.2) is 10.1 Å². The summed E-state index contributed by atoms with van der Waals surface area (Å²) in [6.45, 7) is 0. The van der Waals surface area contributed by atoms with Gasteiger partial charge >= 0.3 is 0 Å². The minimum absolute atomic E-state index is 0.227. The summed E-state index contributed by atoms with van der Waals surface area (Å²) >= 11 is 1.39. The molecule has 0 aliphatic carbocycles. The van der Waals surface area contributed by atoms with Gasteiger partial charge < -0.3 is 10.8 Å². The van der Waals surface area contributed by atoms with Crippen LogP contribution in [0.3, 0.4) is 0 Å². The van der Waals surface area contributed by atoms with E-state index in [1.807, 2.05) is 6.07 Å². The van der Waals surface area contributed by atoms with Crippen LogP contribution in [0, 0.1) is 0 Å². The molecule has 1 heterocycles. The van der Waals surface area contributed by atoms with Gasteiger partial charge in [-0.3, -0.25) is 0 Å². The molecule has 3 nitrogen and oxygen atoms in total. The molecule has 2 rings (SSSR count). The van der Waals surface area contributed by atoms with Crippen molar-refractivity contribution >= 4 is 16.3 Å². The molecule has 0 saturated carbocycles. The number of benzene rings is 1. The predicted octanol–water partition coefficient (Wildman–Crippen LogP) is 2.10. The zero-order valence-electron chi connectivity index (χ0n) is 6.77. The van der Waals surface area contributed by atoms with Gasteiger partial charge in [-0.25, -0.2) is 4.98 Å². The summed E-state index contributed by atoms with van der Waals surface area (Å²) < 4.78 is 0. The van der Waals surface area contributed by atoms with Crippen LogP contribution in [0.2, 0.25) is 0 Å². The fourth-order valence-electron chi connectivity index (χ4n) is 1.13. The van der Waals surface area contributed by atoms with Crippen LogP contribution >= 0.6 is 11.3 Å². The molecule has 0 unspecified atom stereocenters. The summed E-state index contributed by atoms with van der Waals surface area (Å²) in [4.78, 5) is 4.11. The second kappa shape index (κ2) is 3.06. The van der Waals surface area contributed by atoms with Crippen molar-refractivity contribution in [3.8, 4) is 17.0 Å². The zero-order valence-corrected chi connectivity index (χ0v) is 7.58. The Morgan fingerprint density at radius 3 is 2.85 bits per heavy atom. The predicted molar refractivity (Wildman–Crippen MR) is 53.6 cm³/mol. The van der Waals surface area contributed by atoms with Gasteiger partial charge in [0.2, 0.25) is 0 Å². The number of nitrogen functional groups attached to an aromatic ring is 1. The number of nitrogens with two attached hydrogens (primary N) is 1. The van der Waals surface area contributed by atoms with Gasteiger partial charge in [0, 0.05) is 5.56 Å². The van der Waals surface area contributed by atoms with Crippen LogP contribution in [0.25, 0.3) is 11.3 Å². The van der Waals surface area contributed by atoms with Crippen LogP contribution in [0.4, 0.5) is 5.00 Å². The third-order valence-electron chi connectivity index (χ3n) is 1.71. The van der Waals surface area contributed by atoms with Gasteiger partial charge in [-0.1, -0.05) is 12.1 Å². The summed E-state index contributed by atoms with van der Waals surface area (Å²) in [6.07, 6.45) is 0. The Hall–Kier alpha value is -1.55. The molecule has 0 amide bonds. The Kier molecular flexibility index (Phi) is 1.90. The molecule has 0 radical (unpaired) electrons. The number of aromatic nitrogens is 1. The van der Waals surface area contributed by atoms with Crippen molar-refractivity contribution in [1.82, 2.24) is 4.98 Å². The topological polar surface area (TPSA) is 59.1 Å². The van der Waals surface area contributed by atoms with Gasteiger partial charge in [0.05, 0.1) is 5.51 Å². The van der Waals surface area contributed by atoms with Crippen LogP contribution in [-0.2, 0) is 0 Å². The Balaban J connectivity index is 2.53. The lowest BCUT2D eigenvalue weighted by Crippen LogP contribution is -1.84. The normalized spacial score (nSPS) is 10.2. The lowest BCUT2D eigenvalue weighted by molar-refractivity contribution is 0.475. The SMILES string of the molecule is Nc1scnc1-c1cccc(O)c1. The van der Waals surface area contributed by atoms with E-state index in [2.05, 4.69) is 4.98 Å². The van der Waals surface area contributed by atoms with E-state index in [1.54, 1.807) is 23.7 Å². The van der Waals surface area contributed by atoms with E-state index in [-0.39, 0.29) is 5.75 Å². The zero-order chi connectivity index (χ0) is 9.26. The molecule has 0 saturated heterocycles. The van der Waals surface area contributed by atoms with Gasteiger partial charge in [-0.2, -0.15) is 0 Å². The van der Waals surface area contributed by atoms with E-state index in [4.69, 9.17) is 5.73 Å². The summed E-state index contributed by atoms with van der Waals surface area (Å²) in [5.41, 5.74) is 8.97. The Morgan fingerprint density at radius 1 is 1.38 bits per heavy atom. The van der Waals surface area contributed by atoms with E-state index in [1.165, 1.54) is 11.3 Å². The molecule has 4 heteroatoms. The molecule has 0 spiro atoms. The lowest BCUT2D eigenvalue weighted by Gasteiger charge is -1.98. The number of hydrogen-bond donors (Lipinski definition) is 2. The van der Waals surface area contributed by atoms with E-state index >= 15 is 0 Å². The Bertz CT molecular complexity index is 425. The number of anilines is 1. The van der Waals surface area contributed by atoms with Gasteiger partial charge in [-0.05, 0) is 12.1 Å². The van der Waals surface area contributed by atoms with Crippen molar-refractivity contribution in [3.05, 3.63) is 29.8 Å². The largest absolute Gasteiger partial charge is 0.508 e. The van der Waals surface area contributed by atoms with Crippen molar-refractivity contribution in [2.75, 3.05) is 5.73 Å². The highest BCUT2D eigenvalue weighted by Gasteiger charge is 2.05. The molecular weight excluding hydrogens is 184 g/mol. The molecule has 0 fully saturated rings. The monoisotopic (exact) mass is 192 g/mol. The maximum absolute atomic E-state index is 9.24. The highest BCUT2D eigenvalue weighted by molar-refractivity contribution is 7.14. The summed E-state index contributed by atoms with van der Waals surface area (Å²) in [6, 6.07) is 6.89. The molecule has 2 aromatic rings. The van der Waals surface area contributed by atoms with Crippen molar-refractivity contribution < 1.29 is 5.11 Å². The van der Waals surface area contributed by atoms with E-state index in [0.29, 0.717) is 5.00 Å². The first-order valence-corrected chi connectivity index (χ1v) is 4.63. The average molecular weight is 192 g/mol. The smallest absolute Gasteiger partial charge is 0.116 e. The second-order valence-corrected chi connectivity index (χ2v) is 3.50. The average Bonchev–Trinajstić information content (AvgIpc) is 2.51. The Morgan fingerprint density at radius 2 is 2.23 bits per heavy atom. The summed E-state index contributed by atoms with van der Waals surface area (Å²) in [7, 11) is 0. The Labute approximate surface area is 79.5 Å². The maximum Gasteiger partial charge on any atom is 0.116 e. The molecule has 13 heavy (non-hydrogen) atoms. The fraction of sp³-hybridized carbons (Fsp3) is 0. The minimum Gasteiger partial charge on any atom is -0.508 e. The molecule has 0 aliphatic rings. The van der Waals surface area contributed by atoms with Gasteiger partial charge in [0.25, 0.3) is 0 Å². The first kappa shape index (κ1) is 8.07. The number of rotatable bonds is 1. The van der Waals surface area contributed by atoms with Crippen molar-refractivity contribution in [2.45, 2.75) is 0 Å². The number of thiazole rings is 1. The summed E-state index contributed by atoms with van der Waals surface area (Å²) in [5, 5.41) is 9.91. The summed E-state index contributed by atoms with van der Waals surface area (Å²) in [5.74, 6) is 0.227. The molecule has 0 bridgehead atoms. The quantitative estimate of drug-likeness (QED) is 0.727. The molecule has 0 aliphatic heterocycles. The van der Waals surface area contributed by atoms with Gasteiger partial charge in [0.1, 0.15) is 16.4 Å². The molecule has 3 N–H and O–H groups in total. The maximum atomic E-state index is 9.24. The highest BCUT2D eigenvalue weighted by Crippen LogP contribution is 2.29. The van der Waals surface area contributed by atoms with Crippen LogP contribution in [0.1, 0.15) is 0 Å².